The molecule has 0 radical (unpaired) electrons. The molecule has 5 nitrogen and oxygen atoms in total. The summed E-state index contributed by atoms with van der Waals surface area (Å²) in [6, 6.07) is 11.1. The zero-order valence-corrected chi connectivity index (χ0v) is 18.8. The minimum atomic E-state index is -0.172. The van der Waals surface area contributed by atoms with Crippen molar-refractivity contribution >= 4 is 67.6 Å². The molecule has 0 saturated carbocycles. The fourth-order valence-corrected chi connectivity index (χ4v) is 4.44. The maximum absolute atomic E-state index is 12.9. The molecule has 1 N–H and O–H groups in total. The van der Waals surface area contributed by atoms with Gasteiger partial charge in [-0.15, -0.1) is 0 Å². The van der Waals surface area contributed by atoms with Crippen LogP contribution in [0.5, 0.6) is 11.5 Å². The lowest BCUT2D eigenvalue weighted by atomic mass is 10.1. The van der Waals surface area contributed by atoms with Crippen LogP contribution < -0.4 is 14.5 Å². The summed E-state index contributed by atoms with van der Waals surface area (Å²) in [6.07, 6.45) is 1.75. The zero-order chi connectivity index (χ0) is 20.4. The first kappa shape index (κ1) is 20.7. The van der Waals surface area contributed by atoms with E-state index in [1.807, 2.05) is 50.2 Å². The predicted molar refractivity (Wildman–Crippen MR) is 123 cm³/mol. The van der Waals surface area contributed by atoms with Gasteiger partial charge in [-0.05, 0) is 70.9 Å². The van der Waals surface area contributed by atoms with Gasteiger partial charge in [0.25, 0.3) is 5.91 Å². The van der Waals surface area contributed by atoms with Crippen LogP contribution >= 0.6 is 39.9 Å². The molecule has 1 amide bonds. The molecule has 28 heavy (non-hydrogen) atoms. The Morgan fingerprint density at radius 2 is 1.96 bits per heavy atom. The standard InChI is InChI=1S/C20H19BrN2O3S2/c1-4-26-16-10-12(9-15(21)18(16)24)11-17-19(25)23(20(27)28-17)14-7-5-13(6-8-14)22(2)3/h5-11,24H,4H2,1-3H3/b17-11+. The van der Waals surface area contributed by atoms with E-state index in [9.17, 15) is 9.90 Å². The van der Waals surface area contributed by atoms with Crippen molar-refractivity contribution in [2.45, 2.75) is 6.92 Å². The molecule has 2 aromatic carbocycles. The Kier molecular flexibility index (Phi) is 6.32. The summed E-state index contributed by atoms with van der Waals surface area (Å²) in [5.41, 5.74) is 2.51. The fourth-order valence-electron chi connectivity index (χ4n) is 2.68. The van der Waals surface area contributed by atoms with Crippen molar-refractivity contribution in [3.05, 3.63) is 51.3 Å². The van der Waals surface area contributed by atoms with Crippen molar-refractivity contribution in [1.82, 2.24) is 0 Å². The van der Waals surface area contributed by atoms with Gasteiger partial charge in [0.15, 0.2) is 15.8 Å². The number of benzene rings is 2. The Morgan fingerprint density at radius 1 is 1.29 bits per heavy atom. The topological polar surface area (TPSA) is 53.0 Å². The lowest BCUT2D eigenvalue weighted by molar-refractivity contribution is -0.113. The average Bonchev–Trinajstić information content (AvgIpc) is 2.93. The molecule has 0 unspecified atom stereocenters. The molecule has 1 saturated heterocycles. The van der Waals surface area contributed by atoms with Crippen LogP contribution in [0.3, 0.4) is 0 Å². The Morgan fingerprint density at radius 3 is 2.57 bits per heavy atom. The molecule has 0 bridgehead atoms. The minimum absolute atomic E-state index is 0.0348. The normalized spacial score (nSPS) is 15.4. The van der Waals surface area contributed by atoms with Crippen molar-refractivity contribution in [3.63, 3.8) is 0 Å². The first-order chi connectivity index (χ1) is 13.3. The van der Waals surface area contributed by atoms with Gasteiger partial charge in [0.05, 0.1) is 21.7 Å². The van der Waals surface area contributed by atoms with Crippen LogP contribution in [-0.4, -0.2) is 36.0 Å². The molecular weight excluding hydrogens is 460 g/mol. The van der Waals surface area contributed by atoms with Gasteiger partial charge in [-0.3, -0.25) is 9.69 Å². The zero-order valence-electron chi connectivity index (χ0n) is 15.6. The molecule has 0 spiro atoms. The summed E-state index contributed by atoms with van der Waals surface area (Å²) < 4.78 is 6.43. The van der Waals surface area contributed by atoms with E-state index in [1.54, 1.807) is 18.2 Å². The lowest BCUT2D eigenvalue weighted by Crippen LogP contribution is -2.27. The van der Waals surface area contributed by atoms with Gasteiger partial charge in [0, 0.05) is 19.8 Å². The van der Waals surface area contributed by atoms with E-state index in [0.717, 1.165) is 16.9 Å². The highest BCUT2D eigenvalue weighted by atomic mass is 79.9. The summed E-state index contributed by atoms with van der Waals surface area (Å²) >= 11 is 10.0. The minimum Gasteiger partial charge on any atom is -0.503 e. The van der Waals surface area contributed by atoms with E-state index in [1.165, 1.54) is 16.7 Å². The van der Waals surface area contributed by atoms with E-state index >= 15 is 0 Å². The Hall–Kier alpha value is -2.03. The van der Waals surface area contributed by atoms with E-state index in [4.69, 9.17) is 17.0 Å². The molecule has 8 heteroatoms. The Bertz CT molecular complexity index is 959. The maximum atomic E-state index is 12.9. The van der Waals surface area contributed by atoms with Gasteiger partial charge < -0.3 is 14.7 Å². The van der Waals surface area contributed by atoms with Crippen molar-refractivity contribution in [2.75, 3.05) is 30.5 Å². The Balaban J connectivity index is 1.91. The first-order valence-electron chi connectivity index (χ1n) is 8.52. The van der Waals surface area contributed by atoms with Crippen LogP contribution in [0, 0.1) is 0 Å². The molecule has 0 atom stereocenters. The number of amides is 1. The van der Waals surface area contributed by atoms with E-state index in [0.29, 0.717) is 26.1 Å². The number of nitrogens with zero attached hydrogens (tertiary/aromatic N) is 2. The van der Waals surface area contributed by atoms with Gasteiger partial charge in [-0.25, -0.2) is 0 Å². The second-order valence-electron chi connectivity index (χ2n) is 6.21. The third kappa shape index (κ3) is 4.19. The monoisotopic (exact) mass is 478 g/mol. The van der Waals surface area contributed by atoms with Gasteiger partial charge in [-0.1, -0.05) is 24.0 Å². The molecule has 1 heterocycles. The summed E-state index contributed by atoms with van der Waals surface area (Å²) in [4.78, 5) is 17.0. The number of thiocarbonyl (C=S) groups is 1. The molecule has 3 rings (SSSR count). The number of carbonyl (C=O) groups is 1. The quantitative estimate of drug-likeness (QED) is 0.480. The third-order valence-electron chi connectivity index (χ3n) is 4.07. The van der Waals surface area contributed by atoms with Gasteiger partial charge in [-0.2, -0.15) is 0 Å². The van der Waals surface area contributed by atoms with Gasteiger partial charge in [0.1, 0.15) is 0 Å². The predicted octanol–water partition coefficient (Wildman–Crippen LogP) is 5.03. The van der Waals surface area contributed by atoms with Crippen LogP contribution in [0.2, 0.25) is 0 Å². The molecular formula is C20H19BrN2O3S2. The highest BCUT2D eigenvalue weighted by molar-refractivity contribution is 9.10. The number of phenolic OH excluding ortho intramolecular Hbond substituents is 1. The number of hydrogen-bond donors (Lipinski definition) is 1. The number of halogens is 1. The number of ether oxygens (including phenoxy) is 1. The molecule has 0 aliphatic carbocycles. The number of hydrogen-bond acceptors (Lipinski definition) is 6. The lowest BCUT2D eigenvalue weighted by Gasteiger charge is -2.17. The molecule has 1 fully saturated rings. The highest BCUT2D eigenvalue weighted by Gasteiger charge is 2.33. The Labute approximate surface area is 182 Å². The second kappa shape index (κ2) is 8.55. The fraction of sp³-hybridized carbons (Fsp3) is 0.200. The van der Waals surface area contributed by atoms with Gasteiger partial charge >= 0.3 is 0 Å². The second-order valence-corrected chi connectivity index (χ2v) is 8.74. The summed E-state index contributed by atoms with van der Waals surface area (Å²) in [5.74, 6) is 0.222. The SMILES string of the molecule is CCOc1cc(/C=C2/SC(=S)N(c3ccc(N(C)C)cc3)C2=O)cc(Br)c1O. The molecule has 0 aromatic heterocycles. The number of aromatic hydroxyl groups is 1. The van der Waals surface area contributed by atoms with E-state index < -0.39 is 0 Å². The van der Waals surface area contributed by atoms with E-state index in [-0.39, 0.29) is 11.7 Å². The molecule has 2 aromatic rings. The highest BCUT2D eigenvalue weighted by Crippen LogP contribution is 2.39. The van der Waals surface area contributed by atoms with Crippen LogP contribution in [0.4, 0.5) is 11.4 Å². The molecule has 1 aliphatic rings. The maximum Gasteiger partial charge on any atom is 0.270 e. The summed E-state index contributed by atoms with van der Waals surface area (Å²) in [6.45, 7) is 2.27. The summed E-state index contributed by atoms with van der Waals surface area (Å²) in [7, 11) is 3.92. The number of phenols is 1. The summed E-state index contributed by atoms with van der Waals surface area (Å²) in [5, 5.41) is 10.1. The third-order valence-corrected chi connectivity index (χ3v) is 5.97. The molecule has 146 valence electrons. The van der Waals surface area contributed by atoms with Gasteiger partial charge in [0.2, 0.25) is 0 Å². The smallest absolute Gasteiger partial charge is 0.270 e. The largest absolute Gasteiger partial charge is 0.503 e. The van der Waals surface area contributed by atoms with Crippen LogP contribution in [0.25, 0.3) is 6.08 Å². The van der Waals surface area contributed by atoms with Crippen molar-refractivity contribution in [2.24, 2.45) is 0 Å². The molecule has 1 aliphatic heterocycles. The van der Waals surface area contributed by atoms with Crippen LogP contribution in [0.1, 0.15) is 12.5 Å². The van der Waals surface area contributed by atoms with Crippen molar-refractivity contribution in [3.8, 4) is 11.5 Å². The van der Waals surface area contributed by atoms with Crippen LogP contribution in [0.15, 0.2) is 45.8 Å². The number of thioether (sulfide) groups is 1. The van der Waals surface area contributed by atoms with Crippen LogP contribution in [-0.2, 0) is 4.79 Å². The number of rotatable bonds is 5. The van der Waals surface area contributed by atoms with E-state index in [2.05, 4.69) is 15.9 Å². The van der Waals surface area contributed by atoms with Crippen molar-refractivity contribution < 1.29 is 14.6 Å². The first-order valence-corrected chi connectivity index (χ1v) is 10.5. The number of anilines is 2. The number of carbonyl (C=O) groups excluding carboxylic acids is 1. The van der Waals surface area contributed by atoms with Crippen molar-refractivity contribution in [1.29, 1.82) is 0 Å². The average molecular weight is 479 g/mol.